The zero-order valence-corrected chi connectivity index (χ0v) is 12.7. The molecule has 1 aromatic carbocycles. The van der Waals surface area contributed by atoms with Crippen LogP contribution in [0.15, 0.2) is 48.8 Å². The summed E-state index contributed by atoms with van der Waals surface area (Å²) in [6.45, 7) is 0. The van der Waals surface area contributed by atoms with Crippen molar-refractivity contribution in [2.45, 2.75) is 12.2 Å². The normalized spacial score (nSPS) is 16.1. The molecule has 0 aliphatic carbocycles. The van der Waals surface area contributed by atoms with Crippen LogP contribution < -0.4 is 3.89 Å². The lowest BCUT2D eigenvalue weighted by Crippen LogP contribution is -2.52. The van der Waals surface area contributed by atoms with Gasteiger partial charge in [-0.1, -0.05) is 0 Å². The second kappa shape index (κ2) is 6.25. The summed E-state index contributed by atoms with van der Waals surface area (Å²) >= 11 is 0. The van der Waals surface area contributed by atoms with Crippen LogP contribution in [0, 0.1) is 10.6 Å². The molecule has 2 atom stereocenters. The molecule has 0 fully saturated rings. The zero-order chi connectivity index (χ0) is 17.3. The molecule has 23 heavy (non-hydrogen) atoms. The number of hydrogen-bond donors (Lipinski definition) is 1. The number of pyridine rings is 1. The minimum absolute atomic E-state index is 0.0347. The number of halogens is 4. The van der Waals surface area contributed by atoms with E-state index in [1.807, 2.05) is 0 Å². The van der Waals surface area contributed by atoms with Crippen LogP contribution in [0.25, 0.3) is 0 Å². The molecule has 0 amide bonds. The molecule has 0 saturated heterocycles. The fourth-order valence-electron chi connectivity index (χ4n) is 2.35. The molecule has 124 valence electrons. The van der Waals surface area contributed by atoms with Gasteiger partial charge in [-0.25, -0.2) is 4.39 Å². The molecular formula is C14H13F4N3OS. The van der Waals surface area contributed by atoms with Crippen molar-refractivity contribution < 1.29 is 21.8 Å². The van der Waals surface area contributed by atoms with Crippen molar-refractivity contribution >= 4 is 16.5 Å². The van der Waals surface area contributed by atoms with Crippen molar-refractivity contribution in [3.8, 4) is 0 Å². The van der Waals surface area contributed by atoms with Gasteiger partial charge in [-0.3, -0.25) is 4.98 Å². The molecule has 0 aliphatic rings. The number of hydrogen-bond acceptors (Lipinski definition) is 4. The highest BCUT2D eigenvalue weighted by Gasteiger charge is 2.52. The highest BCUT2D eigenvalue weighted by atomic mass is 32.2. The topological polar surface area (TPSA) is 53.8 Å². The number of nitrogens with one attached hydrogen (secondary N) is 1. The van der Waals surface area contributed by atoms with E-state index in [9.17, 15) is 21.8 Å². The number of rotatable bonds is 4. The Hall–Kier alpha value is -2.00. The SMILES string of the molecule is C[N+](c1cccnc1)([C@H](c1ccc(F)cc1)C(F)(F)F)[S-](=N)=O. The number of alkyl halides is 3. The number of benzene rings is 1. The minimum atomic E-state index is -4.81. The highest BCUT2D eigenvalue weighted by Crippen LogP contribution is 2.44. The predicted octanol–water partition coefficient (Wildman–Crippen LogP) is 4.10. The average Bonchev–Trinajstić information content (AvgIpc) is 2.48. The molecule has 1 heterocycles. The third-order valence-electron chi connectivity index (χ3n) is 3.49. The smallest absolute Gasteiger partial charge is 0.386 e. The zero-order valence-electron chi connectivity index (χ0n) is 11.9. The number of nitrogens with zero attached hydrogens (tertiary/aromatic N) is 2. The molecule has 1 N–H and O–H groups in total. The lowest BCUT2D eigenvalue weighted by atomic mass is 10.0. The highest BCUT2D eigenvalue weighted by molar-refractivity contribution is 7.73. The fourth-order valence-corrected chi connectivity index (χ4v) is 3.09. The minimum Gasteiger partial charge on any atom is -0.386 e. The largest absolute Gasteiger partial charge is 0.445 e. The number of quaternary nitrogens is 1. The van der Waals surface area contributed by atoms with Gasteiger partial charge in [0.1, 0.15) is 11.5 Å². The molecule has 2 aromatic rings. The van der Waals surface area contributed by atoms with E-state index < -0.39 is 32.7 Å². The van der Waals surface area contributed by atoms with Crippen molar-refractivity contribution in [3.05, 3.63) is 60.2 Å². The van der Waals surface area contributed by atoms with Crippen molar-refractivity contribution in [3.63, 3.8) is 0 Å². The van der Waals surface area contributed by atoms with Crippen LogP contribution in [0.5, 0.6) is 0 Å². The molecule has 9 heteroatoms. The Morgan fingerprint density at radius 1 is 1.22 bits per heavy atom. The molecule has 0 bridgehead atoms. The summed E-state index contributed by atoms with van der Waals surface area (Å²) in [5.41, 5.74) is -0.321. The van der Waals surface area contributed by atoms with E-state index in [4.69, 9.17) is 4.78 Å². The van der Waals surface area contributed by atoms with E-state index in [2.05, 4.69) is 4.98 Å². The third-order valence-corrected chi connectivity index (χ3v) is 4.60. The maximum Gasteiger partial charge on any atom is 0.445 e. The van der Waals surface area contributed by atoms with Crippen LogP contribution >= 0.6 is 0 Å². The first-order valence-electron chi connectivity index (χ1n) is 6.40. The van der Waals surface area contributed by atoms with Crippen molar-refractivity contribution in [1.82, 2.24) is 8.87 Å². The van der Waals surface area contributed by atoms with Crippen molar-refractivity contribution in [2.24, 2.45) is 0 Å². The summed E-state index contributed by atoms with van der Waals surface area (Å²) in [6, 6.07) is 4.17. The maximum atomic E-state index is 13.7. The summed E-state index contributed by atoms with van der Waals surface area (Å²) in [5, 5.41) is 0. The lowest BCUT2D eigenvalue weighted by molar-refractivity contribution is -0.169. The Kier molecular flexibility index (Phi) is 4.71. The molecule has 1 unspecified atom stereocenters. The van der Waals surface area contributed by atoms with Gasteiger partial charge in [-0.05, 0) is 30.3 Å². The molecule has 0 radical (unpaired) electrons. The summed E-state index contributed by atoms with van der Waals surface area (Å²) < 4.78 is 72.3. The molecule has 0 saturated carbocycles. The van der Waals surface area contributed by atoms with Crippen molar-refractivity contribution in [2.75, 3.05) is 7.05 Å². The Balaban J connectivity index is 2.71. The molecule has 2 rings (SSSR count). The predicted molar refractivity (Wildman–Crippen MR) is 77.9 cm³/mol. The van der Waals surface area contributed by atoms with E-state index in [-0.39, 0.29) is 11.3 Å². The summed E-state index contributed by atoms with van der Waals surface area (Å²) in [4.78, 5) is 3.74. The monoisotopic (exact) mass is 347 g/mol. The second-order valence-electron chi connectivity index (χ2n) is 4.95. The second-order valence-corrected chi connectivity index (χ2v) is 6.20. The van der Waals surface area contributed by atoms with Crippen LogP contribution in [0.2, 0.25) is 0 Å². The summed E-state index contributed by atoms with van der Waals surface area (Å²) in [7, 11) is -1.63. The van der Waals surface area contributed by atoms with Crippen LogP contribution in [0.3, 0.4) is 0 Å². The Labute approximate surface area is 132 Å². The van der Waals surface area contributed by atoms with Gasteiger partial charge >= 0.3 is 6.18 Å². The van der Waals surface area contributed by atoms with Crippen LogP contribution in [-0.2, 0) is 15.0 Å². The maximum absolute atomic E-state index is 13.7. The van der Waals surface area contributed by atoms with E-state index in [1.165, 1.54) is 18.3 Å². The van der Waals surface area contributed by atoms with Gasteiger partial charge in [0.05, 0.1) is 13.2 Å². The van der Waals surface area contributed by atoms with E-state index in [0.717, 1.165) is 37.5 Å². The van der Waals surface area contributed by atoms with Crippen LogP contribution in [0.4, 0.5) is 23.2 Å². The van der Waals surface area contributed by atoms with E-state index >= 15 is 0 Å². The van der Waals surface area contributed by atoms with Gasteiger partial charge in [0.25, 0.3) is 0 Å². The Morgan fingerprint density at radius 3 is 2.26 bits per heavy atom. The third kappa shape index (κ3) is 3.35. The molecule has 1 aromatic heterocycles. The van der Waals surface area contributed by atoms with Gasteiger partial charge in [-0.15, -0.1) is 0 Å². The summed E-state index contributed by atoms with van der Waals surface area (Å²) in [5.74, 6) is -0.683. The van der Waals surface area contributed by atoms with Gasteiger partial charge in [0.15, 0.2) is 0 Å². The first-order chi connectivity index (χ1) is 10.7. The van der Waals surface area contributed by atoms with Gasteiger partial charge < -0.3 is 12.9 Å². The van der Waals surface area contributed by atoms with Gasteiger partial charge in [-0.2, -0.15) is 13.2 Å². The fraction of sp³-hybridized carbons (Fsp3) is 0.214. The quantitative estimate of drug-likeness (QED) is 0.514. The first-order valence-corrected chi connectivity index (χ1v) is 7.50. The first kappa shape index (κ1) is 17.4. The molecule has 4 nitrogen and oxygen atoms in total. The van der Waals surface area contributed by atoms with Gasteiger partial charge in [0.2, 0.25) is 6.04 Å². The molecular weight excluding hydrogens is 334 g/mol. The lowest BCUT2D eigenvalue weighted by Gasteiger charge is -2.43. The van der Waals surface area contributed by atoms with Gasteiger partial charge in [0, 0.05) is 28.6 Å². The molecule has 0 spiro atoms. The van der Waals surface area contributed by atoms with E-state index in [1.54, 1.807) is 0 Å². The van der Waals surface area contributed by atoms with E-state index in [0.29, 0.717) is 0 Å². The van der Waals surface area contributed by atoms with Crippen molar-refractivity contribution in [1.29, 1.82) is 4.78 Å². The number of aromatic nitrogens is 1. The Morgan fingerprint density at radius 2 is 1.83 bits per heavy atom. The van der Waals surface area contributed by atoms with Crippen LogP contribution in [-0.4, -0.2) is 18.2 Å². The standard InChI is InChI=1S/C14H13F4N3OS/c1-21(23(19)22,12-3-2-8-20-9-12)13(14(16,17)18)10-4-6-11(15)7-5-10/h2-9,13,19H,1H3/t13-,21?/m1/s1. The average molecular weight is 347 g/mol. The van der Waals surface area contributed by atoms with Crippen LogP contribution in [0.1, 0.15) is 11.6 Å². The Bertz CT molecular complexity index is 739. The molecule has 0 aliphatic heterocycles. The summed E-state index contributed by atoms with van der Waals surface area (Å²) in [6.07, 6.45) is -2.31.